The van der Waals surface area contributed by atoms with E-state index < -0.39 is 12.0 Å². The molecule has 0 aromatic heterocycles. The minimum Gasteiger partial charge on any atom is -0.496 e. The van der Waals surface area contributed by atoms with Crippen molar-refractivity contribution in [2.45, 2.75) is 52.2 Å². The van der Waals surface area contributed by atoms with E-state index in [2.05, 4.69) is 32.9 Å². The summed E-state index contributed by atoms with van der Waals surface area (Å²) in [6, 6.07) is 10.8. The Bertz CT molecular complexity index is 808. The summed E-state index contributed by atoms with van der Waals surface area (Å²) in [6.07, 6.45) is 0.254. The SMILES string of the molecule is COc1ccc(CC(N)C(=O)O)cc1COc1cc(C)ccc1C(C)(C)C. The molecule has 0 fully saturated rings. The van der Waals surface area contributed by atoms with Crippen molar-refractivity contribution >= 4 is 5.97 Å². The third-order valence-corrected chi connectivity index (χ3v) is 4.45. The number of rotatable bonds is 7. The van der Waals surface area contributed by atoms with Crippen LogP contribution in [0, 0.1) is 6.92 Å². The molecule has 0 spiro atoms. The Hall–Kier alpha value is -2.53. The predicted octanol–water partition coefficient (Wildman–Crippen LogP) is 3.83. The first-order chi connectivity index (χ1) is 12.6. The number of benzene rings is 2. The molecule has 0 aliphatic heterocycles. The molecule has 0 aliphatic carbocycles. The normalized spacial score (nSPS) is 12.5. The van der Waals surface area contributed by atoms with Crippen molar-refractivity contribution in [3.8, 4) is 11.5 Å². The molecule has 2 rings (SSSR count). The highest BCUT2D eigenvalue weighted by atomic mass is 16.5. The Morgan fingerprint density at radius 1 is 1.15 bits per heavy atom. The van der Waals surface area contributed by atoms with Crippen LogP contribution in [0.5, 0.6) is 11.5 Å². The first-order valence-corrected chi connectivity index (χ1v) is 9.00. The first kappa shape index (κ1) is 20.8. The molecule has 1 unspecified atom stereocenters. The Morgan fingerprint density at radius 3 is 2.44 bits per heavy atom. The Kier molecular flexibility index (Phi) is 6.50. The second-order valence-corrected chi connectivity index (χ2v) is 7.83. The summed E-state index contributed by atoms with van der Waals surface area (Å²) in [6.45, 7) is 8.82. The Morgan fingerprint density at radius 2 is 1.85 bits per heavy atom. The average molecular weight is 371 g/mol. The van der Waals surface area contributed by atoms with Crippen molar-refractivity contribution in [1.82, 2.24) is 0 Å². The predicted molar refractivity (Wildman–Crippen MR) is 107 cm³/mol. The summed E-state index contributed by atoms with van der Waals surface area (Å²) in [5.74, 6) is 0.531. The fraction of sp³-hybridized carbons (Fsp3) is 0.409. The number of nitrogens with two attached hydrogens (primary N) is 1. The van der Waals surface area contributed by atoms with Gasteiger partial charge in [0.25, 0.3) is 0 Å². The zero-order valence-electron chi connectivity index (χ0n) is 16.7. The van der Waals surface area contributed by atoms with Crippen molar-refractivity contribution < 1.29 is 19.4 Å². The van der Waals surface area contributed by atoms with Crippen LogP contribution in [0.4, 0.5) is 0 Å². The molecule has 5 heteroatoms. The molecule has 146 valence electrons. The quantitative estimate of drug-likeness (QED) is 0.773. The zero-order chi connectivity index (χ0) is 20.2. The van der Waals surface area contributed by atoms with Crippen molar-refractivity contribution in [3.05, 3.63) is 58.7 Å². The number of hydrogen-bond donors (Lipinski definition) is 2. The van der Waals surface area contributed by atoms with Crippen LogP contribution in [-0.4, -0.2) is 24.2 Å². The molecule has 2 aromatic carbocycles. The fourth-order valence-corrected chi connectivity index (χ4v) is 2.94. The van der Waals surface area contributed by atoms with Gasteiger partial charge in [-0.15, -0.1) is 0 Å². The molecular formula is C22H29NO4. The largest absolute Gasteiger partial charge is 0.496 e. The molecule has 2 aromatic rings. The van der Waals surface area contributed by atoms with Crippen LogP contribution < -0.4 is 15.2 Å². The summed E-state index contributed by atoms with van der Waals surface area (Å²) in [7, 11) is 1.61. The molecule has 0 heterocycles. The highest BCUT2D eigenvalue weighted by Crippen LogP contribution is 2.33. The molecule has 0 saturated carbocycles. The second-order valence-electron chi connectivity index (χ2n) is 7.83. The number of methoxy groups -OCH3 is 1. The van der Waals surface area contributed by atoms with E-state index in [4.69, 9.17) is 20.3 Å². The van der Waals surface area contributed by atoms with Gasteiger partial charge >= 0.3 is 5.97 Å². The van der Waals surface area contributed by atoms with Crippen LogP contribution in [0.3, 0.4) is 0 Å². The maximum atomic E-state index is 11.0. The van der Waals surface area contributed by atoms with E-state index in [1.54, 1.807) is 7.11 Å². The minimum atomic E-state index is -1.02. The van der Waals surface area contributed by atoms with Gasteiger partial charge in [0.2, 0.25) is 0 Å². The van der Waals surface area contributed by atoms with Crippen LogP contribution >= 0.6 is 0 Å². The van der Waals surface area contributed by atoms with Crippen molar-refractivity contribution in [2.24, 2.45) is 5.73 Å². The third kappa shape index (κ3) is 5.47. The van der Waals surface area contributed by atoms with Crippen LogP contribution in [0.1, 0.15) is 43.0 Å². The van der Waals surface area contributed by atoms with Crippen molar-refractivity contribution in [3.63, 3.8) is 0 Å². The number of carbonyl (C=O) groups is 1. The molecular weight excluding hydrogens is 342 g/mol. The molecule has 0 aliphatic rings. The van der Waals surface area contributed by atoms with Gasteiger partial charge in [-0.1, -0.05) is 39.0 Å². The topological polar surface area (TPSA) is 81.8 Å². The van der Waals surface area contributed by atoms with Crippen molar-refractivity contribution in [2.75, 3.05) is 7.11 Å². The molecule has 0 amide bonds. The third-order valence-electron chi connectivity index (χ3n) is 4.45. The van der Waals surface area contributed by atoms with E-state index in [9.17, 15) is 4.79 Å². The standard InChI is InChI=1S/C22H29NO4/c1-14-6-8-17(22(2,3)4)20(10-14)27-13-16-11-15(7-9-19(16)26-5)12-18(23)21(24)25/h6-11,18H,12-13,23H2,1-5H3,(H,24,25). The van der Waals surface area contributed by atoms with Gasteiger partial charge in [-0.3, -0.25) is 4.79 Å². The summed E-state index contributed by atoms with van der Waals surface area (Å²) in [5.41, 5.74) is 9.58. The molecule has 0 saturated heterocycles. The highest BCUT2D eigenvalue weighted by molar-refractivity contribution is 5.73. The fourth-order valence-electron chi connectivity index (χ4n) is 2.94. The number of carboxylic acid groups (broad SMARTS) is 1. The van der Waals surface area contributed by atoms with Crippen LogP contribution in [-0.2, 0) is 23.2 Å². The molecule has 1 atom stereocenters. The lowest BCUT2D eigenvalue weighted by Gasteiger charge is -2.23. The monoisotopic (exact) mass is 371 g/mol. The zero-order valence-corrected chi connectivity index (χ0v) is 16.7. The van der Waals surface area contributed by atoms with Gasteiger partial charge in [0.05, 0.1) is 7.11 Å². The van der Waals surface area contributed by atoms with Crippen LogP contribution in [0.15, 0.2) is 36.4 Å². The summed E-state index contributed by atoms with van der Waals surface area (Å²) < 4.78 is 11.6. The number of aliphatic carboxylic acids is 1. The smallest absolute Gasteiger partial charge is 0.320 e. The first-order valence-electron chi connectivity index (χ1n) is 9.00. The average Bonchev–Trinajstić information content (AvgIpc) is 2.59. The van der Waals surface area contributed by atoms with E-state index >= 15 is 0 Å². The van der Waals surface area contributed by atoms with Gasteiger partial charge in [-0.05, 0) is 53.6 Å². The number of aryl methyl sites for hydroxylation is 1. The maximum Gasteiger partial charge on any atom is 0.320 e. The summed E-state index contributed by atoms with van der Waals surface area (Å²) in [4.78, 5) is 11.0. The van der Waals surface area contributed by atoms with Gasteiger partial charge in [0.1, 0.15) is 24.1 Å². The summed E-state index contributed by atoms with van der Waals surface area (Å²) in [5, 5.41) is 9.02. The van der Waals surface area contributed by atoms with Gasteiger partial charge in [0.15, 0.2) is 0 Å². The van der Waals surface area contributed by atoms with Crippen LogP contribution in [0.25, 0.3) is 0 Å². The Balaban J connectivity index is 2.27. The van der Waals surface area contributed by atoms with Crippen molar-refractivity contribution in [1.29, 1.82) is 0 Å². The molecule has 0 radical (unpaired) electrons. The van der Waals surface area contributed by atoms with Crippen LogP contribution in [0.2, 0.25) is 0 Å². The van der Waals surface area contributed by atoms with Gasteiger partial charge in [-0.2, -0.15) is 0 Å². The molecule has 27 heavy (non-hydrogen) atoms. The lowest BCUT2D eigenvalue weighted by molar-refractivity contribution is -0.138. The van der Waals surface area contributed by atoms with E-state index in [0.717, 1.165) is 28.0 Å². The van der Waals surface area contributed by atoms with E-state index in [0.29, 0.717) is 12.4 Å². The van der Waals surface area contributed by atoms with Gasteiger partial charge in [-0.25, -0.2) is 0 Å². The number of ether oxygens (including phenoxy) is 2. The minimum absolute atomic E-state index is 0.0385. The molecule has 3 N–H and O–H groups in total. The van der Waals surface area contributed by atoms with Gasteiger partial charge < -0.3 is 20.3 Å². The molecule has 5 nitrogen and oxygen atoms in total. The summed E-state index contributed by atoms with van der Waals surface area (Å²) >= 11 is 0. The maximum absolute atomic E-state index is 11.0. The van der Waals surface area contributed by atoms with E-state index in [-0.39, 0.29) is 11.8 Å². The number of carboxylic acids is 1. The highest BCUT2D eigenvalue weighted by Gasteiger charge is 2.20. The molecule has 0 bridgehead atoms. The Labute approximate surface area is 161 Å². The lowest BCUT2D eigenvalue weighted by Crippen LogP contribution is -2.32. The lowest BCUT2D eigenvalue weighted by atomic mass is 9.86. The van der Waals surface area contributed by atoms with Gasteiger partial charge in [0, 0.05) is 5.56 Å². The second kappa shape index (κ2) is 8.44. The number of hydrogen-bond acceptors (Lipinski definition) is 4. The van der Waals surface area contributed by atoms with E-state index in [1.807, 2.05) is 31.2 Å². The van der Waals surface area contributed by atoms with E-state index in [1.165, 1.54) is 0 Å².